The Morgan fingerprint density at radius 1 is 1.20 bits per heavy atom. The van der Waals surface area contributed by atoms with Crippen molar-refractivity contribution in [3.8, 4) is 0 Å². The van der Waals surface area contributed by atoms with E-state index in [-0.39, 0.29) is 5.56 Å². The third-order valence-corrected chi connectivity index (χ3v) is 4.14. The van der Waals surface area contributed by atoms with Gasteiger partial charge in [0.2, 0.25) is 5.91 Å². The molecule has 2 amide bonds. The second-order valence-electron chi connectivity index (χ2n) is 4.15. The van der Waals surface area contributed by atoms with Gasteiger partial charge in [0.25, 0.3) is 10.8 Å². The van der Waals surface area contributed by atoms with Crippen LogP contribution in [0.3, 0.4) is 0 Å². The number of imide groups is 1. The van der Waals surface area contributed by atoms with E-state index in [0.717, 1.165) is 0 Å². The largest absolute Gasteiger partial charge is 0.364 e. The van der Waals surface area contributed by atoms with Crippen LogP contribution in [0.25, 0.3) is 0 Å². The Bertz CT molecular complexity index is 697. The van der Waals surface area contributed by atoms with Crippen LogP contribution in [0.4, 0.5) is 0 Å². The van der Waals surface area contributed by atoms with Crippen molar-refractivity contribution in [3.05, 3.63) is 35.9 Å². The number of ketones is 1. The smallest absolute Gasteiger partial charge is 0.306 e. The molecule has 0 aliphatic carbocycles. The predicted molar refractivity (Wildman–Crippen MR) is 63.9 cm³/mol. The van der Waals surface area contributed by atoms with Crippen LogP contribution in [-0.4, -0.2) is 40.6 Å². The molecule has 0 bridgehead atoms. The Labute approximate surface area is 113 Å². The van der Waals surface area contributed by atoms with E-state index in [9.17, 15) is 27.9 Å². The van der Waals surface area contributed by atoms with Crippen LogP contribution in [0, 0.1) is 5.92 Å². The Hall–Kier alpha value is -2.10. The second kappa shape index (κ2) is 4.47. The Morgan fingerprint density at radius 3 is 2.25 bits per heavy atom. The molecule has 2 atom stereocenters. The fourth-order valence-corrected chi connectivity index (χ4v) is 2.71. The van der Waals surface area contributed by atoms with Gasteiger partial charge in [0.15, 0.2) is 11.7 Å². The Kier molecular flexibility index (Phi) is 3.20. The highest BCUT2D eigenvalue weighted by molar-refractivity contribution is 7.88. The van der Waals surface area contributed by atoms with E-state index in [1.54, 1.807) is 6.07 Å². The molecule has 1 saturated heterocycles. The number of aliphatic hydroxyl groups is 1. The van der Waals surface area contributed by atoms with Crippen LogP contribution < -0.4 is 5.32 Å². The summed E-state index contributed by atoms with van der Waals surface area (Å²) in [4.78, 5) is 31.6. The van der Waals surface area contributed by atoms with Gasteiger partial charge in [-0.2, -0.15) is 8.42 Å². The summed E-state index contributed by atoms with van der Waals surface area (Å²) < 4.78 is 31.4. The summed E-state index contributed by atoms with van der Waals surface area (Å²) in [6, 6.07) is 7.04. The quantitative estimate of drug-likeness (QED) is 0.273. The molecule has 20 heavy (non-hydrogen) atoms. The minimum absolute atomic E-state index is 0.0792. The van der Waals surface area contributed by atoms with Gasteiger partial charge in [-0.1, -0.05) is 30.3 Å². The van der Waals surface area contributed by atoms with Gasteiger partial charge in [-0.05, 0) is 0 Å². The molecule has 1 aromatic rings. The van der Waals surface area contributed by atoms with E-state index in [1.165, 1.54) is 29.6 Å². The maximum absolute atomic E-state index is 12.1. The van der Waals surface area contributed by atoms with Crippen molar-refractivity contribution >= 4 is 27.7 Å². The maximum Gasteiger partial charge on any atom is 0.306 e. The van der Waals surface area contributed by atoms with E-state index in [1.807, 2.05) is 0 Å². The van der Waals surface area contributed by atoms with Gasteiger partial charge in [-0.25, -0.2) is 0 Å². The monoisotopic (exact) mass is 299 g/mol. The lowest BCUT2D eigenvalue weighted by atomic mass is 9.94. The van der Waals surface area contributed by atoms with Crippen molar-refractivity contribution in [2.24, 2.45) is 5.92 Å². The van der Waals surface area contributed by atoms with E-state index in [0.29, 0.717) is 0 Å². The molecule has 1 heterocycles. The van der Waals surface area contributed by atoms with Gasteiger partial charge in [0, 0.05) is 5.56 Å². The van der Waals surface area contributed by atoms with E-state index >= 15 is 0 Å². The van der Waals surface area contributed by atoms with Crippen molar-refractivity contribution in [2.45, 2.75) is 4.93 Å². The van der Waals surface area contributed by atoms with E-state index in [2.05, 4.69) is 0 Å². The molecule has 0 spiro atoms. The summed E-state index contributed by atoms with van der Waals surface area (Å²) in [6.45, 7) is 0. The first-order valence-corrected chi connectivity index (χ1v) is 6.77. The van der Waals surface area contributed by atoms with Gasteiger partial charge in [-0.15, -0.1) is 0 Å². The number of Topliss-reactive ketones (excluding diaryl/α,β-unsaturated/α-hetero) is 1. The number of carbonyl (C=O) groups excluding carboxylic acids is 3. The molecule has 3 N–H and O–H groups in total. The number of amides is 2. The molecule has 0 aromatic heterocycles. The fourth-order valence-electron chi connectivity index (χ4n) is 1.91. The minimum atomic E-state index is -5.38. The van der Waals surface area contributed by atoms with Crippen molar-refractivity contribution in [2.75, 3.05) is 0 Å². The normalized spacial score (nSPS) is 26.4. The SMILES string of the molecule is O=C1NC(=O)C(O)(S(=O)(=O)O)C1C(=O)c1ccccc1. The highest BCUT2D eigenvalue weighted by Crippen LogP contribution is 2.32. The lowest BCUT2D eigenvalue weighted by Gasteiger charge is -2.20. The Morgan fingerprint density at radius 2 is 1.75 bits per heavy atom. The summed E-state index contributed by atoms with van der Waals surface area (Å²) in [5.74, 6) is -6.29. The zero-order valence-corrected chi connectivity index (χ0v) is 10.6. The van der Waals surface area contributed by atoms with Crippen molar-refractivity contribution < 1.29 is 32.5 Å². The first kappa shape index (κ1) is 14.3. The predicted octanol–water partition coefficient (Wildman–Crippen LogP) is -1.28. The van der Waals surface area contributed by atoms with E-state index in [4.69, 9.17) is 4.55 Å². The summed E-state index contributed by atoms with van der Waals surface area (Å²) in [5, 5.41) is 11.4. The van der Waals surface area contributed by atoms with Crippen LogP contribution in [0.5, 0.6) is 0 Å². The molecule has 0 saturated carbocycles. The molecule has 0 radical (unpaired) electrons. The lowest BCUT2D eigenvalue weighted by Crippen LogP contribution is -2.52. The summed E-state index contributed by atoms with van der Waals surface area (Å²) >= 11 is 0. The number of nitrogens with one attached hydrogen (secondary N) is 1. The highest BCUT2D eigenvalue weighted by atomic mass is 32.2. The maximum atomic E-state index is 12.1. The van der Waals surface area contributed by atoms with Gasteiger partial charge < -0.3 is 5.11 Å². The number of hydrogen-bond acceptors (Lipinski definition) is 6. The second-order valence-corrected chi connectivity index (χ2v) is 5.73. The molecule has 1 fully saturated rings. The molecule has 1 aromatic carbocycles. The highest BCUT2D eigenvalue weighted by Gasteiger charge is 2.66. The third kappa shape index (κ3) is 1.92. The van der Waals surface area contributed by atoms with E-state index < -0.39 is 38.6 Å². The molecule has 106 valence electrons. The van der Waals surface area contributed by atoms with Gasteiger partial charge >= 0.3 is 10.1 Å². The van der Waals surface area contributed by atoms with Crippen LogP contribution in [0.15, 0.2) is 30.3 Å². The van der Waals surface area contributed by atoms with Crippen molar-refractivity contribution in [3.63, 3.8) is 0 Å². The number of benzene rings is 1. The van der Waals surface area contributed by atoms with Crippen LogP contribution in [-0.2, 0) is 19.7 Å². The summed E-state index contributed by atoms with van der Waals surface area (Å²) in [7, 11) is -5.38. The molecule has 8 nitrogen and oxygen atoms in total. The Balaban J connectivity index is 2.57. The lowest BCUT2D eigenvalue weighted by molar-refractivity contribution is -0.130. The number of carbonyl (C=O) groups is 3. The standard InChI is InChI=1S/C11H9NO7S/c13-8(6-4-2-1-3-5-6)7-9(14)12-10(15)11(7,16)20(17,18)19/h1-5,7,16H,(H,12,14,15)(H,17,18,19). The molecular formula is C11H9NO7S. The van der Waals surface area contributed by atoms with Crippen LogP contribution in [0.2, 0.25) is 0 Å². The van der Waals surface area contributed by atoms with Crippen LogP contribution >= 0.6 is 0 Å². The number of rotatable bonds is 3. The van der Waals surface area contributed by atoms with Gasteiger partial charge in [0.1, 0.15) is 0 Å². The molecule has 1 aliphatic rings. The third-order valence-electron chi connectivity index (χ3n) is 2.93. The van der Waals surface area contributed by atoms with Crippen molar-refractivity contribution in [1.82, 2.24) is 5.32 Å². The summed E-state index contributed by atoms with van der Waals surface area (Å²) in [5.41, 5.74) is -0.0792. The summed E-state index contributed by atoms with van der Waals surface area (Å²) in [6.07, 6.45) is 0. The fraction of sp³-hybridized carbons (Fsp3) is 0.182. The zero-order chi connectivity index (χ0) is 15.1. The molecule has 1 aliphatic heterocycles. The molecular weight excluding hydrogens is 290 g/mol. The minimum Gasteiger partial charge on any atom is -0.364 e. The van der Waals surface area contributed by atoms with Crippen LogP contribution in [0.1, 0.15) is 10.4 Å². The van der Waals surface area contributed by atoms with Gasteiger partial charge in [-0.3, -0.25) is 24.3 Å². The molecule has 2 unspecified atom stereocenters. The average molecular weight is 299 g/mol. The number of hydrogen-bond donors (Lipinski definition) is 3. The van der Waals surface area contributed by atoms with Gasteiger partial charge in [0.05, 0.1) is 0 Å². The van der Waals surface area contributed by atoms with Crippen molar-refractivity contribution in [1.29, 1.82) is 0 Å². The topological polar surface area (TPSA) is 138 Å². The first-order valence-electron chi connectivity index (χ1n) is 5.33. The first-order chi connectivity index (χ1) is 9.19. The molecule has 2 rings (SSSR count). The zero-order valence-electron chi connectivity index (χ0n) is 9.81. The molecule has 9 heteroatoms. The average Bonchev–Trinajstić information content (AvgIpc) is 2.61.